The van der Waals surface area contributed by atoms with Crippen LogP contribution in [-0.4, -0.2) is 7.05 Å². The van der Waals surface area contributed by atoms with Crippen molar-refractivity contribution in [2.45, 2.75) is 27.6 Å². The average Bonchev–Trinajstić information content (AvgIpc) is 2.75. The van der Waals surface area contributed by atoms with Gasteiger partial charge in [-0.3, -0.25) is 0 Å². The maximum atomic E-state index is 6.13. The Morgan fingerprint density at radius 2 is 1.80 bits per heavy atom. The molecule has 2 heterocycles. The third-order valence-electron chi connectivity index (χ3n) is 4.11. The molecule has 0 unspecified atom stereocenters. The first-order valence-electron chi connectivity index (χ1n) is 7.02. The van der Waals surface area contributed by atoms with Gasteiger partial charge in [-0.15, -0.1) is 0 Å². The van der Waals surface area contributed by atoms with Gasteiger partial charge in [-0.2, -0.15) is 0 Å². The van der Waals surface area contributed by atoms with E-state index in [1.54, 1.807) is 0 Å². The van der Waals surface area contributed by atoms with E-state index >= 15 is 0 Å². The summed E-state index contributed by atoms with van der Waals surface area (Å²) in [7, 11) is 2.09. The average molecular weight is 267 g/mol. The highest BCUT2D eigenvalue weighted by Gasteiger charge is 2.45. The fourth-order valence-corrected chi connectivity index (χ4v) is 2.91. The zero-order valence-electron chi connectivity index (χ0n) is 12.8. The summed E-state index contributed by atoms with van der Waals surface area (Å²) >= 11 is 0. The Bertz CT molecular complexity index is 684. The second-order valence-corrected chi connectivity index (χ2v) is 5.57. The van der Waals surface area contributed by atoms with Crippen LogP contribution in [0, 0.1) is 20.8 Å². The predicted molar refractivity (Wildman–Crippen MR) is 82.7 cm³/mol. The Morgan fingerprint density at radius 3 is 2.50 bits per heavy atom. The van der Waals surface area contributed by atoms with Crippen molar-refractivity contribution in [3.63, 3.8) is 0 Å². The quantitative estimate of drug-likeness (QED) is 0.583. The molecule has 0 saturated carbocycles. The van der Waals surface area contributed by atoms with E-state index in [0.717, 1.165) is 11.6 Å². The van der Waals surface area contributed by atoms with Gasteiger partial charge >= 0.3 is 12.9 Å². The summed E-state index contributed by atoms with van der Waals surface area (Å²) in [6.07, 6.45) is 2.17. The summed E-state index contributed by atoms with van der Waals surface area (Å²) < 4.78 is 8.29. The van der Waals surface area contributed by atoms with Crippen LogP contribution in [0.1, 0.15) is 16.7 Å². The molecular formula is C16H20BN2O+. The molecule has 3 rings (SSSR count). The van der Waals surface area contributed by atoms with Crippen molar-refractivity contribution in [2.24, 2.45) is 7.05 Å². The van der Waals surface area contributed by atoms with Gasteiger partial charge in [-0.25, -0.2) is 9.38 Å². The number of aryl methyl sites for hydroxylation is 3. The van der Waals surface area contributed by atoms with Gasteiger partial charge in [0.1, 0.15) is 5.69 Å². The van der Waals surface area contributed by atoms with Crippen LogP contribution in [0.4, 0.5) is 11.5 Å². The molecule has 0 N–H and O–H groups in total. The Morgan fingerprint density at radius 1 is 1.10 bits per heavy atom. The van der Waals surface area contributed by atoms with Crippen LogP contribution >= 0.6 is 0 Å². The molecule has 1 aliphatic rings. The Balaban J connectivity index is 2.23. The van der Waals surface area contributed by atoms with Crippen LogP contribution in [0.3, 0.4) is 0 Å². The number of anilines is 2. The van der Waals surface area contributed by atoms with Gasteiger partial charge in [0, 0.05) is 12.4 Å². The molecule has 102 valence electrons. The molecule has 1 aromatic carbocycles. The van der Waals surface area contributed by atoms with Crippen molar-refractivity contribution in [2.75, 3.05) is 4.81 Å². The van der Waals surface area contributed by atoms with E-state index in [1.807, 2.05) is 0 Å². The topological polar surface area (TPSA) is 16.4 Å². The lowest BCUT2D eigenvalue weighted by Gasteiger charge is -2.16. The third-order valence-corrected chi connectivity index (χ3v) is 4.11. The lowest BCUT2D eigenvalue weighted by molar-refractivity contribution is -0.658. The highest BCUT2D eigenvalue weighted by Crippen LogP contribution is 2.41. The Hall–Kier alpha value is -1.97. The van der Waals surface area contributed by atoms with Crippen molar-refractivity contribution >= 4 is 18.6 Å². The summed E-state index contributed by atoms with van der Waals surface area (Å²) in [5.74, 6) is 2.14. The number of fused-ring (bicyclic) bond motifs is 1. The highest BCUT2D eigenvalue weighted by atomic mass is 16.5. The summed E-state index contributed by atoms with van der Waals surface area (Å²) in [4.78, 5) is 2.27. The minimum Gasteiger partial charge on any atom is -0.516 e. The molecule has 0 fully saturated rings. The summed E-state index contributed by atoms with van der Waals surface area (Å²) in [6.45, 7) is 8.49. The Labute approximate surface area is 120 Å². The number of hydrogen-bond donors (Lipinski definition) is 0. The van der Waals surface area contributed by atoms with Crippen molar-refractivity contribution in [1.82, 2.24) is 0 Å². The molecule has 0 amide bonds. The van der Waals surface area contributed by atoms with Crippen molar-refractivity contribution < 1.29 is 9.22 Å². The SMILES string of the molecule is CB1Oc2c(C)c(C)c[n+](C)c2N1c1ccccc1C. The molecule has 0 atom stereocenters. The predicted octanol–water partition coefficient (Wildman–Crippen LogP) is 3.08. The first-order chi connectivity index (χ1) is 9.50. The van der Waals surface area contributed by atoms with Crippen LogP contribution in [-0.2, 0) is 7.05 Å². The zero-order valence-corrected chi connectivity index (χ0v) is 12.8. The van der Waals surface area contributed by atoms with E-state index in [4.69, 9.17) is 4.65 Å². The molecule has 3 nitrogen and oxygen atoms in total. The first kappa shape index (κ1) is 13.0. The second-order valence-electron chi connectivity index (χ2n) is 5.57. The van der Waals surface area contributed by atoms with Gasteiger partial charge in [0.2, 0.25) is 0 Å². The molecular weight excluding hydrogens is 247 g/mol. The van der Waals surface area contributed by atoms with E-state index in [9.17, 15) is 0 Å². The molecule has 2 aromatic rings. The van der Waals surface area contributed by atoms with Crippen LogP contribution in [0.25, 0.3) is 0 Å². The third kappa shape index (κ3) is 1.79. The molecule has 20 heavy (non-hydrogen) atoms. The highest BCUT2D eigenvalue weighted by molar-refractivity contribution is 6.59. The first-order valence-corrected chi connectivity index (χ1v) is 7.02. The van der Waals surface area contributed by atoms with Crippen molar-refractivity contribution in [1.29, 1.82) is 0 Å². The summed E-state index contributed by atoms with van der Waals surface area (Å²) in [5.41, 5.74) is 4.94. The standard InChI is InChI=1S/C16H20BN2O/c1-11-8-6-7-9-14(11)19-16-15(20-17(19)4)13(3)12(2)10-18(16)5/h6-10H,1-5H3/q+1. The van der Waals surface area contributed by atoms with E-state index < -0.39 is 0 Å². The second kappa shape index (κ2) is 4.55. The van der Waals surface area contributed by atoms with E-state index in [2.05, 4.69) is 74.5 Å². The molecule has 4 heteroatoms. The molecule has 0 saturated heterocycles. The fraction of sp³-hybridized carbons (Fsp3) is 0.312. The smallest absolute Gasteiger partial charge is 0.516 e. The van der Waals surface area contributed by atoms with Gasteiger partial charge < -0.3 is 4.65 Å². The lowest BCUT2D eigenvalue weighted by atomic mass is 9.84. The van der Waals surface area contributed by atoms with Crippen molar-refractivity contribution in [3.8, 4) is 5.75 Å². The van der Waals surface area contributed by atoms with E-state index in [-0.39, 0.29) is 7.05 Å². The number of nitrogens with zero attached hydrogens (tertiary/aromatic N) is 2. The molecule has 0 spiro atoms. The maximum absolute atomic E-state index is 6.13. The van der Waals surface area contributed by atoms with Gasteiger partial charge in [0.25, 0.3) is 0 Å². The number of hydrogen-bond acceptors (Lipinski definition) is 2. The minimum absolute atomic E-state index is 0.0119. The number of para-hydroxylation sites is 1. The largest absolute Gasteiger partial charge is 0.607 e. The summed E-state index contributed by atoms with van der Waals surface area (Å²) in [5, 5.41) is 0. The molecule has 0 aliphatic carbocycles. The molecule has 0 bridgehead atoms. The van der Waals surface area contributed by atoms with Gasteiger partial charge in [-0.05, 0) is 38.0 Å². The van der Waals surface area contributed by atoms with E-state index in [0.29, 0.717) is 0 Å². The fourth-order valence-electron chi connectivity index (χ4n) is 2.91. The molecule has 1 aromatic heterocycles. The van der Waals surface area contributed by atoms with Gasteiger partial charge in [0.15, 0.2) is 5.75 Å². The Kier molecular flexibility index (Phi) is 2.96. The number of pyridine rings is 1. The van der Waals surface area contributed by atoms with Gasteiger partial charge in [0.05, 0.1) is 13.2 Å². The maximum Gasteiger partial charge on any atom is 0.607 e. The minimum atomic E-state index is 0.0119. The zero-order chi connectivity index (χ0) is 14.4. The van der Waals surface area contributed by atoms with Crippen LogP contribution in [0.2, 0.25) is 6.82 Å². The number of rotatable bonds is 1. The van der Waals surface area contributed by atoms with Crippen LogP contribution in [0.5, 0.6) is 5.75 Å². The normalized spacial score (nSPS) is 13.4. The van der Waals surface area contributed by atoms with Crippen LogP contribution in [0.15, 0.2) is 30.5 Å². The van der Waals surface area contributed by atoms with E-state index in [1.165, 1.54) is 22.4 Å². The van der Waals surface area contributed by atoms with Crippen molar-refractivity contribution in [3.05, 3.63) is 47.2 Å². The summed E-state index contributed by atoms with van der Waals surface area (Å²) in [6, 6.07) is 8.44. The molecule has 0 radical (unpaired) electrons. The van der Waals surface area contributed by atoms with Crippen LogP contribution < -0.4 is 14.0 Å². The number of aromatic nitrogens is 1. The lowest BCUT2D eigenvalue weighted by Crippen LogP contribution is -2.40. The monoisotopic (exact) mass is 267 g/mol. The molecule has 1 aliphatic heterocycles. The number of benzene rings is 1. The van der Waals surface area contributed by atoms with Gasteiger partial charge in [-0.1, -0.05) is 18.2 Å².